The molecule has 0 spiro atoms. The molecule has 0 rings (SSSR count). The van der Waals surface area contributed by atoms with Crippen LogP contribution in [-0.2, 0) is 0 Å². The van der Waals surface area contributed by atoms with Gasteiger partial charge in [0.05, 0.1) is 0 Å². The van der Waals surface area contributed by atoms with Gasteiger partial charge in [0, 0.05) is 0 Å². The van der Waals surface area contributed by atoms with Gasteiger partial charge in [0.15, 0.2) is 0 Å². The molecule has 13 heavy (non-hydrogen) atoms. The molecule has 0 saturated carbocycles. The maximum Gasteiger partial charge on any atom is -0.0348 e. The average molecular weight is 176 g/mol. The van der Waals surface area contributed by atoms with Crippen molar-refractivity contribution in [1.29, 1.82) is 0 Å². The average Bonchev–Trinajstić information content (AvgIpc) is 2.16. The van der Waals surface area contributed by atoms with E-state index in [0.29, 0.717) is 0 Å². The number of unbranched alkanes of at least 4 members (excludes halogenated alkanes) is 2. The first-order valence-corrected chi connectivity index (χ1v) is 5.03. The lowest BCUT2D eigenvalue weighted by molar-refractivity contribution is 0.815. The Morgan fingerprint density at radius 1 is 0.846 bits per heavy atom. The van der Waals surface area contributed by atoms with Crippen molar-refractivity contribution in [2.45, 2.75) is 33.1 Å². The van der Waals surface area contributed by atoms with Gasteiger partial charge in [-0.05, 0) is 13.3 Å². The fourth-order valence-corrected chi connectivity index (χ4v) is 0.864. The van der Waals surface area contributed by atoms with Crippen molar-refractivity contribution in [2.24, 2.45) is 0 Å². The highest BCUT2D eigenvalue weighted by Crippen LogP contribution is 1.94. The zero-order valence-corrected chi connectivity index (χ0v) is 8.74. The lowest BCUT2D eigenvalue weighted by Gasteiger charge is -1.84. The van der Waals surface area contributed by atoms with E-state index in [1.165, 1.54) is 19.3 Å². The normalized spacial score (nSPS) is 13.1. The molecule has 0 aromatic carbocycles. The van der Waals surface area contributed by atoms with Crippen LogP contribution in [-0.4, -0.2) is 0 Å². The highest BCUT2D eigenvalue weighted by atomic mass is 13.8. The molecular weight excluding hydrogens is 156 g/mol. The van der Waals surface area contributed by atoms with E-state index < -0.39 is 0 Å². The summed E-state index contributed by atoms with van der Waals surface area (Å²) in [6, 6.07) is 0. The van der Waals surface area contributed by atoms with E-state index in [1.807, 2.05) is 37.3 Å². The summed E-state index contributed by atoms with van der Waals surface area (Å²) in [6.45, 7) is 4.22. The molecule has 0 N–H and O–H groups in total. The minimum atomic E-state index is 1.19. The lowest BCUT2D eigenvalue weighted by Crippen LogP contribution is -1.64. The van der Waals surface area contributed by atoms with Gasteiger partial charge < -0.3 is 0 Å². The predicted octanol–water partition coefficient (Wildman–Crippen LogP) is 4.42. The lowest BCUT2D eigenvalue weighted by atomic mass is 10.2. The van der Waals surface area contributed by atoms with Crippen LogP contribution >= 0.6 is 0 Å². The van der Waals surface area contributed by atoms with Gasteiger partial charge in [-0.1, -0.05) is 68.4 Å². The Hall–Kier alpha value is -1.04. The zero-order valence-electron chi connectivity index (χ0n) is 8.74. The van der Waals surface area contributed by atoms with Crippen LogP contribution in [0.1, 0.15) is 33.1 Å². The maximum atomic E-state index is 2.21. The number of hydrogen-bond donors (Lipinski definition) is 0. The summed E-state index contributed by atoms with van der Waals surface area (Å²) in [5.41, 5.74) is 0. The molecule has 0 aliphatic rings. The van der Waals surface area contributed by atoms with E-state index in [2.05, 4.69) is 25.2 Å². The Kier molecular flexibility index (Phi) is 10.1. The second-order valence-electron chi connectivity index (χ2n) is 2.87. The predicted molar refractivity (Wildman–Crippen MR) is 61.8 cm³/mol. The van der Waals surface area contributed by atoms with Gasteiger partial charge in [-0.25, -0.2) is 0 Å². The van der Waals surface area contributed by atoms with Crippen LogP contribution in [0.4, 0.5) is 0 Å². The molecule has 0 fully saturated rings. The summed E-state index contributed by atoms with van der Waals surface area (Å²) in [7, 11) is 0. The van der Waals surface area contributed by atoms with Crippen molar-refractivity contribution in [3.05, 3.63) is 48.6 Å². The molecule has 0 bridgehead atoms. The molecular formula is C13H20. The fourth-order valence-electron chi connectivity index (χ4n) is 0.864. The minimum Gasteiger partial charge on any atom is -0.0877 e. The second kappa shape index (κ2) is 11.0. The van der Waals surface area contributed by atoms with Gasteiger partial charge in [0.1, 0.15) is 0 Å². The van der Waals surface area contributed by atoms with E-state index in [4.69, 9.17) is 0 Å². The molecule has 0 aromatic rings. The van der Waals surface area contributed by atoms with Crippen LogP contribution < -0.4 is 0 Å². The fraction of sp³-hybridized carbons (Fsp3) is 0.385. The van der Waals surface area contributed by atoms with Crippen molar-refractivity contribution in [3.63, 3.8) is 0 Å². The van der Waals surface area contributed by atoms with Crippen LogP contribution in [0.2, 0.25) is 0 Å². The van der Waals surface area contributed by atoms with Gasteiger partial charge >= 0.3 is 0 Å². The quantitative estimate of drug-likeness (QED) is 0.415. The molecule has 0 amide bonds. The first-order chi connectivity index (χ1) is 6.41. The molecule has 0 atom stereocenters. The summed E-state index contributed by atoms with van der Waals surface area (Å²) < 4.78 is 0. The summed E-state index contributed by atoms with van der Waals surface area (Å²) in [5.74, 6) is 0. The molecule has 0 heteroatoms. The molecule has 0 heterocycles. The Bertz CT molecular complexity index is 192. The summed E-state index contributed by atoms with van der Waals surface area (Å²) in [4.78, 5) is 0. The van der Waals surface area contributed by atoms with Gasteiger partial charge in [0.25, 0.3) is 0 Å². The van der Waals surface area contributed by atoms with E-state index in [9.17, 15) is 0 Å². The van der Waals surface area contributed by atoms with E-state index in [-0.39, 0.29) is 0 Å². The van der Waals surface area contributed by atoms with E-state index in [0.717, 1.165) is 0 Å². The van der Waals surface area contributed by atoms with Crippen molar-refractivity contribution in [2.75, 3.05) is 0 Å². The number of allylic oxidation sites excluding steroid dienone is 8. The Balaban J connectivity index is 3.45. The van der Waals surface area contributed by atoms with Crippen molar-refractivity contribution in [1.82, 2.24) is 0 Å². The third kappa shape index (κ3) is 11.0. The monoisotopic (exact) mass is 176 g/mol. The molecule has 0 aliphatic heterocycles. The Labute approximate surface area is 82.4 Å². The molecule has 0 unspecified atom stereocenters. The SMILES string of the molecule is C/C=C/C=C/C=C/C=C/CCCC. The highest BCUT2D eigenvalue weighted by Gasteiger charge is 1.74. The van der Waals surface area contributed by atoms with Crippen LogP contribution in [0.5, 0.6) is 0 Å². The maximum absolute atomic E-state index is 2.21. The first kappa shape index (κ1) is 12.0. The number of hydrogen-bond acceptors (Lipinski definition) is 0. The smallest absolute Gasteiger partial charge is 0.0348 e. The van der Waals surface area contributed by atoms with Crippen LogP contribution in [0.25, 0.3) is 0 Å². The van der Waals surface area contributed by atoms with E-state index in [1.54, 1.807) is 0 Å². The topological polar surface area (TPSA) is 0 Å². The van der Waals surface area contributed by atoms with Gasteiger partial charge in [-0.2, -0.15) is 0 Å². The highest BCUT2D eigenvalue weighted by molar-refractivity contribution is 5.14. The van der Waals surface area contributed by atoms with Crippen molar-refractivity contribution in [3.8, 4) is 0 Å². The summed E-state index contributed by atoms with van der Waals surface area (Å²) in [5, 5.41) is 0. The molecule has 0 aliphatic carbocycles. The molecule has 72 valence electrons. The Morgan fingerprint density at radius 2 is 1.46 bits per heavy atom. The van der Waals surface area contributed by atoms with Crippen molar-refractivity contribution >= 4 is 0 Å². The van der Waals surface area contributed by atoms with Crippen LogP contribution in [0.15, 0.2) is 48.6 Å². The summed E-state index contributed by atoms with van der Waals surface area (Å²) >= 11 is 0. The van der Waals surface area contributed by atoms with Crippen LogP contribution in [0, 0.1) is 0 Å². The van der Waals surface area contributed by atoms with Crippen LogP contribution in [0.3, 0.4) is 0 Å². The third-order valence-electron chi connectivity index (χ3n) is 1.61. The molecule has 0 aromatic heterocycles. The largest absolute Gasteiger partial charge is 0.0877 e. The standard InChI is InChI=1S/C13H20/c1-3-5-7-9-11-13-12-10-8-6-4-2/h3,5,7,9-13H,4,6,8H2,1-2H3/b5-3+,9-7+,12-10+,13-11+. The zero-order chi connectivity index (χ0) is 9.78. The minimum absolute atomic E-state index is 1.19. The molecule has 0 nitrogen and oxygen atoms in total. The molecule has 0 saturated heterocycles. The van der Waals surface area contributed by atoms with E-state index >= 15 is 0 Å². The Morgan fingerprint density at radius 3 is 2.08 bits per heavy atom. The van der Waals surface area contributed by atoms with Gasteiger partial charge in [0.2, 0.25) is 0 Å². The summed E-state index contributed by atoms with van der Waals surface area (Å²) in [6.07, 6.45) is 20.3. The van der Waals surface area contributed by atoms with Gasteiger partial charge in [-0.15, -0.1) is 0 Å². The molecule has 0 radical (unpaired) electrons. The van der Waals surface area contributed by atoms with Gasteiger partial charge in [-0.3, -0.25) is 0 Å². The first-order valence-electron chi connectivity index (χ1n) is 5.03. The number of rotatable bonds is 6. The second-order valence-corrected chi connectivity index (χ2v) is 2.87. The third-order valence-corrected chi connectivity index (χ3v) is 1.61. The van der Waals surface area contributed by atoms with Crippen molar-refractivity contribution < 1.29 is 0 Å².